The van der Waals surface area contributed by atoms with E-state index in [1.807, 2.05) is 38.1 Å². The molecular formula is C26H38N6O6. The van der Waals surface area contributed by atoms with E-state index in [0.29, 0.717) is 0 Å². The van der Waals surface area contributed by atoms with Crippen LogP contribution in [-0.4, -0.2) is 63.9 Å². The van der Waals surface area contributed by atoms with Crippen molar-refractivity contribution in [2.75, 3.05) is 0 Å². The number of fused-ring (bicyclic) bond motifs is 1. The zero-order valence-corrected chi connectivity index (χ0v) is 22.1. The fraction of sp³-hybridized carbons (Fsp3) is 0.500. The Balaban J connectivity index is 2.11. The number of carboxylic acids is 1. The van der Waals surface area contributed by atoms with Crippen molar-refractivity contribution in [3.05, 3.63) is 36.0 Å². The average Bonchev–Trinajstić information content (AvgIpc) is 3.23. The molecule has 0 aliphatic heterocycles. The number of aliphatic carboxylic acids is 1. The number of para-hydroxylation sites is 1. The normalized spacial score (nSPS) is 14.5. The van der Waals surface area contributed by atoms with Gasteiger partial charge in [-0.3, -0.25) is 19.2 Å². The van der Waals surface area contributed by atoms with E-state index in [0.717, 1.165) is 16.5 Å². The molecule has 1 aromatic heterocycles. The summed E-state index contributed by atoms with van der Waals surface area (Å²) in [5, 5.41) is 17.8. The van der Waals surface area contributed by atoms with Gasteiger partial charge in [0.05, 0.1) is 12.5 Å². The van der Waals surface area contributed by atoms with Crippen LogP contribution in [0.15, 0.2) is 30.5 Å². The van der Waals surface area contributed by atoms with Crippen LogP contribution in [0.5, 0.6) is 0 Å². The number of amides is 4. The first-order valence-electron chi connectivity index (χ1n) is 12.5. The number of aromatic nitrogens is 1. The number of H-pyrrole nitrogens is 1. The molecule has 4 unspecified atom stereocenters. The van der Waals surface area contributed by atoms with E-state index in [1.165, 1.54) is 0 Å². The number of primary amides is 1. The molecule has 208 valence electrons. The quantitative estimate of drug-likeness (QED) is 0.180. The zero-order valence-electron chi connectivity index (χ0n) is 22.1. The van der Waals surface area contributed by atoms with Gasteiger partial charge in [0.15, 0.2) is 0 Å². The second kappa shape index (κ2) is 13.6. The van der Waals surface area contributed by atoms with Crippen LogP contribution in [0.4, 0.5) is 0 Å². The molecule has 1 heterocycles. The highest BCUT2D eigenvalue weighted by molar-refractivity contribution is 5.95. The molecule has 38 heavy (non-hydrogen) atoms. The van der Waals surface area contributed by atoms with Gasteiger partial charge in [-0.25, -0.2) is 4.79 Å². The number of benzene rings is 1. The molecule has 0 saturated carbocycles. The van der Waals surface area contributed by atoms with Crippen molar-refractivity contribution in [1.29, 1.82) is 0 Å². The van der Waals surface area contributed by atoms with Crippen LogP contribution >= 0.6 is 0 Å². The molecule has 0 radical (unpaired) electrons. The summed E-state index contributed by atoms with van der Waals surface area (Å²) in [4.78, 5) is 64.7. The van der Waals surface area contributed by atoms with Crippen LogP contribution in [-0.2, 0) is 30.4 Å². The Kier molecular flexibility index (Phi) is 10.8. The highest BCUT2D eigenvalue weighted by atomic mass is 16.4. The fourth-order valence-corrected chi connectivity index (χ4v) is 4.06. The van der Waals surface area contributed by atoms with Crippen molar-refractivity contribution in [2.24, 2.45) is 23.3 Å². The number of carboxylic acid groups (broad SMARTS) is 1. The highest BCUT2D eigenvalue weighted by Gasteiger charge is 2.32. The van der Waals surface area contributed by atoms with Gasteiger partial charge in [0, 0.05) is 17.1 Å². The Morgan fingerprint density at radius 2 is 1.55 bits per heavy atom. The third kappa shape index (κ3) is 8.58. The van der Waals surface area contributed by atoms with Crippen LogP contribution < -0.4 is 27.4 Å². The van der Waals surface area contributed by atoms with E-state index in [9.17, 15) is 29.1 Å². The molecule has 2 rings (SSSR count). The van der Waals surface area contributed by atoms with Gasteiger partial charge in [-0.05, 0) is 36.3 Å². The lowest BCUT2D eigenvalue weighted by Crippen LogP contribution is -2.59. The Morgan fingerprint density at radius 3 is 2.13 bits per heavy atom. The predicted octanol–water partition coefficient (Wildman–Crippen LogP) is 0.154. The number of carbonyl (C=O) groups excluding carboxylic acids is 4. The first kappa shape index (κ1) is 30.3. The van der Waals surface area contributed by atoms with Crippen LogP contribution in [0.2, 0.25) is 0 Å². The van der Waals surface area contributed by atoms with E-state index in [4.69, 9.17) is 11.5 Å². The molecule has 0 aliphatic rings. The third-order valence-electron chi connectivity index (χ3n) is 6.06. The minimum absolute atomic E-state index is 0.0397. The number of carbonyl (C=O) groups is 5. The summed E-state index contributed by atoms with van der Waals surface area (Å²) in [6, 6.07) is 3.07. The summed E-state index contributed by atoms with van der Waals surface area (Å²) in [6.07, 6.45) is 1.64. The van der Waals surface area contributed by atoms with Crippen LogP contribution in [0, 0.1) is 11.8 Å². The molecule has 9 N–H and O–H groups in total. The standard InChI is InChI=1S/C26H38N6O6/c1-13(2)9-19(24(35)31-20(26(37)38)11-21(28)33)30-25(36)22(14(3)4)32-23(34)17(27)10-15-12-29-18-8-6-5-7-16(15)18/h5-8,12-14,17,19-20,22,29H,9-11,27H2,1-4H3,(H2,28,33)(H,30,36)(H,31,35)(H,32,34)(H,37,38). The van der Waals surface area contributed by atoms with Crippen LogP contribution in [0.1, 0.15) is 46.1 Å². The van der Waals surface area contributed by atoms with Crippen LogP contribution in [0.3, 0.4) is 0 Å². The van der Waals surface area contributed by atoms with Crippen molar-refractivity contribution in [1.82, 2.24) is 20.9 Å². The lowest BCUT2D eigenvalue weighted by atomic mass is 9.98. The molecule has 0 spiro atoms. The SMILES string of the molecule is CC(C)CC(NC(=O)C(NC(=O)C(N)Cc1c[nH]c2ccccc12)C(C)C)C(=O)NC(CC(N)=O)C(=O)O. The number of nitrogens with one attached hydrogen (secondary N) is 4. The van der Waals surface area contributed by atoms with Gasteiger partial charge >= 0.3 is 5.97 Å². The molecule has 0 aliphatic carbocycles. The van der Waals surface area contributed by atoms with E-state index in [1.54, 1.807) is 20.0 Å². The molecule has 0 fully saturated rings. The smallest absolute Gasteiger partial charge is 0.326 e. The van der Waals surface area contributed by atoms with Gasteiger partial charge in [-0.15, -0.1) is 0 Å². The summed E-state index contributed by atoms with van der Waals surface area (Å²) in [5.41, 5.74) is 13.0. The van der Waals surface area contributed by atoms with E-state index >= 15 is 0 Å². The summed E-state index contributed by atoms with van der Waals surface area (Å²) < 4.78 is 0. The first-order valence-corrected chi connectivity index (χ1v) is 12.5. The van der Waals surface area contributed by atoms with E-state index in [-0.39, 0.29) is 24.7 Å². The molecule has 0 saturated heterocycles. The molecule has 4 atom stereocenters. The van der Waals surface area contributed by atoms with Crippen molar-refractivity contribution in [2.45, 2.75) is 71.1 Å². The Labute approximate surface area is 221 Å². The van der Waals surface area contributed by atoms with Gasteiger partial charge in [0.1, 0.15) is 18.1 Å². The van der Waals surface area contributed by atoms with Crippen molar-refractivity contribution < 1.29 is 29.1 Å². The maximum absolute atomic E-state index is 13.2. The van der Waals surface area contributed by atoms with Gasteiger partial charge < -0.3 is 37.5 Å². The van der Waals surface area contributed by atoms with Crippen molar-refractivity contribution >= 4 is 40.5 Å². The summed E-state index contributed by atoms with van der Waals surface area (Å²) in [7, 11) is 0. The maximum atomic E-state index is 13.2. The Morgan fingerprint density at radius 1 is 0.921 bits per heavy atom. The number of nitrogens with two attached hydrogens (primary N) is 2. The Bertz CT molecular complexity index is 1160. The highest BCUT2D eigenvalue weighted by Crippen LogP contribution is 2.19. The molecule has 4 amide bonds. The molecule has 0 bridgehead atoms. The van der Waals surface area contributed by atoms with Gasteiger partial charge in [0.25, 0.3) is 0 Å². The first-order chi connectivity index (χ1) is 17.8. The monoisotopic (exact) mass is 530 g/mol. The van der Waals surface area contributed by atoms with Crippen LogP contribution in [0.25, 0.3) is 10.9 Å². The largest absolute Gasteiger partial charge is 0.480 e. The Hall–Kier alpha value is -3.93. The maximum Gasteiger partial charge on any atom is 0.326 e. The number of hydrogen-bond donors (Lipinski definition) is 7. The number of rotatable bonds is 14. The predicted molar refractivity (Wildman–Crippen MR) is 142 cm³/mol. The molecule has 12 heteroatoms. The number of aromatic amines is 1. The second-order valence-corrected chi connectivity index (χ2v) is 10.2. The number of hydrogen-bond acceptors (Lipinski definition) is 6. The van der Waals surface area contributed by atoms with Gasteiger partial charge in [0.2, 0.25) is 23.6 Å². The minimum atomic E-state index is -1.53. The summed E-state index contributed by atoms with van der Waals surface area (Å²) >= 11 is 0. The second-order valence-electron chi connectivity index (χ2n) is 10.2. The zero-order chi connectivity index (χ0) is 28.6. The lowest BCUT2D eigenvalue weighted by Gasteiger charge is -2.27. The van der Waals surface area contributed by atoms with Gasteiger partial charge in [-0.2, -0.15) is 0 Å². The fourth-order valence-electron chi connectivity index (χ4n) is 4.06. The van der Waals surface area contributed by atoms with E-state index in [2.05, 4.69) is 20.9 Å². The average molecular weight is 531 g/mol. The third-order valence-corrected chi connectivity index (χ3v) is 6.06. The van der Waals surface area contributed by atoms with Crippen molar-refractivity contribution in [3.63, 3.8) is 0 Å². The molecule has 2 aromatic rings. The summed E-state index contributed by atoms with van der Waals surface area (Å²) in [6.45, 7) is 7.13. The lowest BCUT2D eigenvalue weighted by molar-refractivity contribution is -0.144. The molecule has 1 aromatic carbocycles. The van der Waals surface area contributed by atoms with Gasteiger partial charge in [-0.1, -0.05) is 45.9 Å². The van der Waals surface area contributed by atoms with Crippen molar-refractivity contribution in [3.8, 4) is 0 Å². The molecular weight excluding hydrogens is 492 g/mol. The minimum Gasteiger partial charge on any atom is -0.480 e. The summed E-state index contributed by atoms with van der Waals surface area (Å²) in [5.74, 6) is -4.62. The topological polar surface area (TPSA) is 209 Å². The van der Waals surface area contributed by atoms with E-state index < -0.39 is 60.2 Å². The molecule has 12 nitrogen and oxygen atoms in total.